The number of anilines is 2. The number of nitrogens with zero attached hydrogens (tertiary/aromatic N) is 3. The molecule has 0 spiro atoms. The van der Waals surface area contributed by atoms with Crippen molar-refractivity contribution in [2.75, 3.05) is 37.6 Å². The molecule has 1 atom stereocenters. The Morgan fingerprint density at radius 2 is 1.94 bits per heavy atom. The number of nitrogens with one attached hydrogen (secondary N) is 1. The number of likely N-dealkylation sites (tertiary alicyclic amines) is 1. The number of aromatic nitrogens is 1. The van der Waals surface area contributed by atoms with E-state index in [1.165, 1.54) is 13.0 Å². The van der Waals surface area contributed by atoms with E-state index in [0.717, 1.165) is 62.1 Å². The normalized spacial score (nSPS) is 18.9. The van der Waals surface area contributed by atoms with Gasteiger partial charge in [-0.1, -0.05) is 20.3 Å². The first-order valence-electron chi connectivity index (χ1n) is 11.6. The third-order valence-corrected chi connectivity index (χ3v) is 6.45. The number of carbonyl (C=O) groups is 1. The quantitative estimate of drug-likeness (QED) is 0.700. The van der Waals surface area contributed by atoms with Crippen molar-refractivity contribution in [3.8, 4) is 5.75 Å². The van der Waals surface area contributed by atoms with E-state index in [0.29, 0.717) is 0 Å². The van der Waals surface area contributed by atoms with Gasteiger partial charge in [-0.05, 0) is 55.2 Å². The minimum Gasteiger partial charge on any atom is -0.490 e. The Kier molecular flexibility index (Phi) is 7.20. The minimum absolute atomic E-state index is 0.0109. The monoisotopic (exact) mass is 422 g/mol. The number of pyridine rings is 1. The molecule has 166 valence electrons. The molecule has 0 saturated carbocycles. The van der Waals surface area contributed by atoms with E-state index in [4.69, 9.17) is 4.74 Å². The number of hydrogen-bond donors (Lipinski definition) is 1. The molecule has 0 radical (unpaired) electrons. The molecule has 0 aliphatic carbocycles. The van der Waals surface area contributed by atoms with Gasteiger partial charge in [-0.3, -0.25) is 14.7 Å². The van der Waals surface area contributed by atoms with Crippen molar-refractivity contribution >= 4 is 17.3 Å². The van der Waals surface area contributed by atoms with Gasteiger partial charge in [0.2, 0.25) is 5.91 Å². The summed E-state index contributed by atoms with van der Waals surface area (Å²) in [6.45, 7) is 9.44. The summed E-state index contributed by atoms with van der Waals surface area (Å²) in [4.78, 5) is 21.6. The molecule has 0 bridgehead atoms. The average molecular weight is 423 g/mol. The van der Waals surface area contributed by atoms with Gasteiger partial charge in [-0.15, -0.1) is 0 Å². The van der Waals surface area contributed by atoms with E-state index in [1.807, 2.05) is 36.4 Å². The fourth-order valence-corrected chi connectivity index (χ4v) is 4.18. The van der Waals surface area contributed by atoms with Crippen molar-refractivity contribution in [2.24, 2.45) is 11.8 Å². The third-order valence-electron chi connectivity index (χ3n) is 6.45. The second-order valence-corrected chi connectivity index (χ2v) is 8.87. The van der Waals surface area contributed by atoms with Crippen molar-refractivity contribution in [3.63, 3.8) is 0 Å². The molecule has 2 fully saturated rings. The summed E-state index contributed by atoms with van der Waals surface area (Å²) in [6, 6.07) is 11.7. The van der Waals surface area contributed by atoms with Crippen LogP contribution in [0.5, 0.6) is 5.75 Å². The Bertz CT molecular complexity index is 830. The lowest BCUT2D eigenvalue weighted by Crippen LogP contribution is -2.51. The van der Waals surface area contributed by atoms with Crippen LogP contribution in [0, 0.1) is 11.8 Å². The van der Waals surface area contributed by atoms with Gasteiger partial charge < -0.3 is 15.0 Å². The first-order valence-corrected chi connectivity index (χ1v) is 11.6. The van der Waals surface area contributed by atoms with E-state index in [9.17, 15) is 4.79 Å². The zero-order valence-electron chi connectivity index (χ0n) is 18.7. The summed E-state index contributed by atoms with van der Waals surface area (Å²) in [7, 11) is 0. The number of benzene rings is 1. The molecule has 1 N–H and O–H groups in total. The largest absolute Gasteiger partial charge is 0.490 e. The zero-order valence-corrected chi connectivity index (χ0v) is 18.7. The van der Waals surface area contributed by atoms with Crippen LogP contribution < -0.4 is 15.0 Å². The van der Waals surface area contributed by atoms with Crippen LogP contribution in [-0.2, 0) is 4.79 Å². The maximum absolute atomic E-state index is 13.1. The Morgan fingerprint density at radius 1 is 1.19 bits per heavy atom. The van der Waals surface area contributed by atoms with Crippen LogP contribution in [0.2, 0.25) is 0 Å². The molecule has 31 heavy (non-hydrogen) atoms. The fourth-order valence-electron chi connectivity index (χ4n) is 4.18. The number of ether oxygens (including phenoxy) is 1. The topological polar surface area (TPSA) is 57.7 Å². The number of hydrogen-bond acceptors (Lipinski definition) is 5. The number of piperidine rings is 1. The first kappa shape index (κ1) is 21.8. The number of rotatable bonds is 8. The molecule has 3 heterocycles. The molecule has 1 unspecified atom stereocenters. The van der Waals surface area contributed by atoms with Gasteiger partial charge in [-0.2, -0.15) is 0 Å². The number of carbonyl (C=O) groups excluding carboxylic acids is 1. The van der Waals surface area contributed by atoms with Gasteiger partial charge in [0.05, 0.1) is 17.8 Å². The van der Waals surface area contributed by atoms with Crippen LogP contribution in [0.25, 0.3) is 0 Å². The smallest absolute Gasteiger partial charge is 0.237 e. The maximum Gasteiger partial charge on any atom is 0.237 e. The lowest BCUT2D eigenvalue weighted by molar-refractivity contribution is -0.123. The summed E-state index contributed by atoms with van der Waals surface area (Å²) in [5.41, 5.74) is 1.64. The van der Waals surface area contributed by atoms with Crippen LogP contribution in [0.15, 0.2) is 48.8 Å². The molecule has 1 aromatic carbocycles. The van der Waals surface area contributed by atoms with Crippen molar-refractivity contribution in [3.05, 3.63) is 48.8 Å². The molecule has 2 aliphatic rings. The Labute approximate surface area is 185 Å². The van der Waals surface area contributed by atoms with Crippen molar-refractivity contribution in [1.82, 2.24) is 15.2 Å². The van der Waals surface area contributed by atoms with E-state index in [2.05, 4.69) is 29.0 Å². The number of amides is 1. The first-order chi connectivity index (χ1) is 15.1. The van der Waals surface area contributed by atoms with Crippen LogP contribution in [0.1, 0.15) is 33.1 Å². The lowest BCUT2D eigenvalue weighted by atomic mass is 10.0. The SMILES string of the molecule is CCC(C)CN1CCC(Oc2ccc(N(C(=O)C3CNC3)c3cccnc3)cc2)CC1. The van der Waals surface area contributed by atoms with Gasteiger partial charge in [-0.25, -0.2) is 0 Å². The van der Waals surface area contributed by atoms with Crippen molar-refractivity contribution < 1.29 is 9.53 Å². The zero-order chi connectivity index (χ0) is 21.6. The van der Waals surface area contributed by atoms with Crippen LogP contribution in [-0.4, -0.2) is 54.6 Å². The molecule has 1 aromatic heterocycles. The summed E-state index contributed by atoms with van der Waals surface area (Å²) in [6.07, 6.45) is 7.08. The molecule has 4 rings (SSSR count). The molecule has 2 aliphatic heterocycles. The maximum atomic E-state index is 13.1. The highest BCUT2D eigenvalue weighted by Crippen LogP contribution is 2.30. The van der Waals surface area contributed by atoms with E-state index < -0.39 is 0 Å². The van der Waals surface area contributed by atoms with Crippen LogP contribution >= 0.6 is 0 Å². The minimum atomic E-state index is 0.0109. The highest BCUT2D eigenvalue weighted by molar-refractivity contribution is 6.02. The molecule has 6 nitrogen and oxygen atoms in total. The summed E-state index contributed by atoms with van der Waals surface area (Å²) >= 11 is 0. The van der Waals surface area contributed by atoms with E-state index in [1.54, 1.807) is 17.3 Å². The Morgan fingerprint density at radius 3 is 2.52 bits per heavy atom. The highest BCUT2D eigenvalue weighted by Gasteiger charge is 2.31. The van der Waals surface area contributed by atoms with Crippen molar-refractivity contribution in [1.29, 1.82) is 0 Å². The van der Waals surface area contributed by atoms with Crippen molar-refractivity contribution in [2.45, 2.75) is 39.2 Å². The van der Waals surface area contributed by atoms with Gasteiger partial charge >= 0.3 is 0 Å². The van der Waals surface area contributed by atoms with Gasteiger partial charge in [0.1, 0.15) is 11.9 Å². The molecule has 2 aromatic rings. The van der Waals surface area contributed by atoms with E-state index >= 15 is 0 Å². The predicted molar refractivity (Wildman–Crippen MR) is 124 cm³/mol. The molecule has 6 heteroatoms. The summed E-state index contributed by atoms with van der Waals surface area (Å²) in [5.74, 6) is 1.74. The second kappa shape index (κ2) is 10.2. The predicted octanol–water partition coefficient (Wildman–Crippen LogP) is 3.86. The van der Waals surface area contributed by atoms with Crippen LogP contribution in [0.3, 0.4) is 0 Å². The van der Waals surface area contributed by atoms with Gasteiger partial charge in [0.25, 0.3) is 0 Å². The van der Waals surface area contributed by atoms with Crippen LogP contribution in [0.4, 0.5) is 11.4 Å². The van der Waals surface area contributed by atoms with Gasteiger partial charge in [0.15, 0.2) is 0 Å². The lowest BCUT2D eigenvalue weighted by Gasteiger charge is -2.34. The third kappa shape index (κ3) is 5.43. The Balaban J connectivity index is 1.39. The molecule has 1 amide bonds. The second-order valence-electron chi connectivity index (χ2n) is 8.87. The Hall–Kier alpha value is -2.44. The fraction of sp³-hybridized carbons (Fsp3) is 0.520. The molecule has 2 saturated heterocycles. The standard InChI is InChI=1S/C25H34N4O2/c1-3-19(2)18-28-13-10-24(11-14-28)31-23-8-6-21(7-9-23)29(22-5-4-12-26-17-22)25(30)20-15-27-16-20/h4-9,12,17,19-20,24,27H,3,10-11,13-16,18H2,1-2H3. The molecular formula is C25H34N4O2. The summed E-state index contributed by atoms with van der Waals surface area (Å²) < 4.78 is 6.26. The molecular weight excluding hydrogens is 388 g/mol. The summed E-state index contributed by atoms with van der Waals surface area (Å²) in [5, 5.41) is 3.18. The van der Waals surface area contributed by atoms with Gasteiger partial charge in [0, 0.05) is 44.6 Å². The highest BCUT2D eigenvalue weighted by atomic mass is 16.5. The average Bonchev–Trinajstić information content (AvgIpc) is 2.76. The van der Waals surface area contributed by atoms with E-state index in [-0.39, 0.29) is 17.9 Å².